The van der Waals surface area contributed by atoms with E-state index in [2.05, 4.69) is 27.7 Å². The van der Waals surface area contributed by atoms with Gasteiger partial charge in [0.25, 0.3) is 0 Å². The quantitative estimate of drug-likeness (QED) is 0.776. The summed E-state index contributed by atoms with van der Waals surface area (Å²) in [6, 6.07) is 7.94. The Kier molecular flexibility index (Phi) is 6.25. The molecule has 0 spiro atoms. The van der Waals surface area contributed by atoms with Gasteiger partial charge < -0.3 is 9.64 Å². The Morgan fingerprint density at radius 2 is 1.90 bits per heavy atom. The van der Waals surface area contributed by atoms with Crippen molar-refractivity contribution >= 4 is 5.91 Å². The van der Waals surface area contributed by atoms with E-state index in [0.717, 1.165) is 17.7 Å². The summed E-state index contributed by atoms with van der Waals surface area (Å²) >= 11 is 0. The SMILES string of the molecule is CCN(C(=O)CCC(C)(C)C)[C@@H](C)c1ccccc1OC. The normalized spacial score (nSPS) is 12.9. The average molecular weight is 291 g/mol. The summed E-state index contributed by atoms with van der Waals surface area (Å²) in [5.41, 5.74) is 1.24. The highest BCUT2D eigenvalue weighted by atomic mass is 16.5. The van der Waals surface area contributed by atoms with E-state index in [0.29, 0.717) is 13.0 Å². The highest BCUT2D eigenvalue weighted by Crippen LogP contribution is 2.30. The second-order valence-electron chi connectivity index (χ2n) is 6.66. The van der Waals surface area contributed by atoms with Gasteiger partial charge >= 0.3 is 0 Å². The number of carbonyl (C=O) groups is 1. The number of benzene rings is 1. The summed E-state index contributed by atoms with van der Waals surface area (Å²) in [6.07, 6.45) is 1.50. The van der Waals surface area contributed by atoms with Crippen molar-refractivity contribution < 1.29 is 9.53 Å². The van der Waals surface area contributed by atoms with Gasteiger partial charge in [0.15, 0.2) is 0 Å². The molecule has 0 aliphatic heterocycles. The van der Waals surface area contributed by atoms with Crippen LogP contribution in [0.25, 0.3) is 0 Å². The van der Waals surface area contributed by atoms with Crippen molar-refractivity contribution in [1.82, 2.24) is 4.90 Å². The molecule has 0 unspecified atom stereocenters. The monoisotopic (exact) mass is 291 g/mol. The van der Waals surface area contributed by atoms with E-state index in [9.17, 15) is 4.79 Å². The van der Waals surface area contributed by atoms with Crippen molar-refractivity contribution in [1.29, 1.82) is 0 Å². The van der Waals surface area contributed by atoms with Gasteiger partial charge in [-0.05, 0) is 31.7 Å². The van der Waals surface area contributed by atoms with Crippen LogP contribution >= 0.6 is 0 Å². The van der Waals surface area contributed by atoms with Crippen molar-refractivity contribution in [2.24, 2.45) is 5.41 Å². The minimum atomic E-state index is 0.0265. The highest BCUT2D eigenvalue weighted by molar-refractivity contribution is 5.76. The maximum atomic E-state index is 12.5. The first-order valence-corrected chi connectivity index (χ1v) is 7.72. The van der Waals surface area contributed by atoms with Crippen LogP contribution in [0.1, 0.15) is 59.1 Å². The van der Waals surface area contributed by atoms with Gasteiger partial charge in [-0.3, -0.25) is 4.79 Å². The first kappa shape index (κ1) is 17.5. The molecular formula is C18H29NO2. The van der Waals surface area contributed by atoms with Crippen molar-refractivity contribution in [2.45, 2.75) is 53.5 Å². The number of nitrogens with zero attached hydrogens (tertiary/aromatic N) is 1. The van der Waals surface area contributed by atoms with Gasteiger partial charge in [0.05, 0.1) is 13.2 Å². The Bertz CT molecular complexity index is 463. The van der Waals surface area contributed by atoms with Gasteiger partial charge in [-0.25, -0.2) is 0 Å². The molecule has 1 amide bonds. The summed E-state index contributed by atoms with van der Waals surface area (Å²) < 4.78 is 5.42. The summed E-state index contributed by atoms with van der Waals surface area (Å²) in [4.78, 5) is 14.5. The summed E-state index contributed by atoms with van der Waals surface area (Å²) in [6.45, 7) is 11.3. The van der Waals surface area contributed by atoms with Crippen molar-refractivity contribution in [3.8, 4) is 5.75 Å². The lowest BCUT2D eigenvalue weighted by Gasteiger charge is -2.30. The maximum Gasteiger partial charge on any atom is 0.223 e. The van der Waals surface area contributed by atoms with Crippen molar-refractivity contribution in [3.05, 3.63) is 29.8 Å². The molecule has 0 bridgehead atoms. The van der Waals surface area contributed by atoms with Gasteiger partial charge in [-0.2, -0.15) is 0 Å². The summed E-state index contributed by atoms with van der Waals surface area (Å²) in [7, 11) is 1.67. The predicted molar refractivity (Wildman–Crippen MR) is 87.5 cm³/mol. The molecule has 1 aromatic rings. The van der Waals surface area contributed by atoms with Crippen LogP contribution in [-0.2, 0) is 4.79 Å². The highest BCUT2D eigenvalue weighted by Gasteiger charge is 2.23. The van der Waals surface area contributed by atoms with Gasteiger partial charge in [-0.1, -0.05) is 39.0 Å². The van der Waals surface area contributed by atoms with Crippen LogP contribution in [0.4, 0.5) is 0 Å². The van der Waals surface area contributed by atoms with E-state index in [1.165, 1.54) is 0 Å². The molecule has 1 rings (SSSR count). The van der Waals surface area contributed by atoms with Crippen LogP contribution in [0.5, 0.6) is 5.75 Å². The molecule has 0 heterocycles. The summed E-state index contributed by atoms with van der Waals surface area (Å²) in [5, 5.41) is 0. The lowest BCUT2D eigenvalue weighted by molar-refractivity contribution is -0.133. The minimum Gasteiger partial charge on any atom is -0.496 e. The lowest BCUT2D eigenvalue weighted by Crippen LogP contribution is -2.34. The molecule has 0 aromatic heterocycles. The number of carbonyl (C=O) groups excluding carboxylic acids is 1. The van der Waals surface area contributed by atoms with Crippen molar-refractivity contribution in [3.63, 3.8) is 0 Å². The van der Waals surface area contributed by atoms with E-state index in [1.54, 1.807) is 7.11 Å². The number of hydrogen-bond acceptors (Lipinski definition) is 2. The second-order valence-corrected chi connectivity index (χ2v) is 6.66. The van der Waals surface area contributed by atoms with Crippen LogP contribution < -0.4 is 4.74 Å². The van der Waals surface area contributed by atoms with E-state index in [-0.39, 0.29) is 17.4 Å². The van der Waals surface area contributed by atoms with E-state index >= 15 is 0 Å². The number of amides is 1. The molecule has 0 N–H and O–H groups in total. The van der Waals surface area contributed by atoms with Gasteiger partial charge in [0.1, 0.15) is 5.75 Å². The number of rotatable bonds is 6. The standard InChI is InChI=1S/C18H29NO2/c1-7-19(17(20)12-13-18(3,4)5)14(2)15-10-8-9-11-16(15)21-6/h8-11,14H,7,12-13H2,1-6H3/t14-/m0/s1. The number of para-hydroxylation sites is 1. The molecule has 0 radical (unpaired) electrons. The van der Waals surface area contributed by atoms with Crippen LogP contribution in [-0.4, -0.2) is 24.5 Å². The molecule has 21 heavy (non-hydrogen) atoms. The molecule has 3 heteroatoms. The van der Waals surface area contributed by atoms with Crippen LogP contribution in [0.15, 0.2) is 24.3 Å². The van der Waals surface area contributed by atoms with Gasteiger partial charge in [-0.15, -0.1) is 0 Å². The number of hydrogen-bond donors (Lipinski definition) is 0. The van der Waals surface area contributed by atoms with Crippen molar-refractivity contribution in [2.75, 3.05) is 13.7 Å². The van der Waals surface area contributed by atoms with Crippen LogP contribution in [0.3, 0.4) is 0 Å². The summed E-state index contributed by atoms with van der Waals surface area (Å²) in [5.74, 6) is 1.05. The van der Waals surface area contributed by atoms with Crippen LogP contribution in [0.2, 0.25) is 0 Å². The molecule has 0 saturated heterocycles. The Morgan fingerprint density at radius 3 is 2.43 bits per heavy atom. The van der Waals surface area contributed by atoms with E-state index < -0.39 is 0 Å². The maximum absolute atomic E-state index is 12.5. The first-order valence-electron chi connectivity index (χ1n) is 7.72. The zero-order valence-corrected chi connectivity index (χ0v) is 14.3. The van der Waals surface area contributed by atoms with Gasteiger partial charge in [0.2, 0.25) is 5.91 Å². The van der Waals surface area contributed by atoms with E-state index in [1.807, 2.05) is 36.1 Å². The predicted octanol–water partition coefficient (Wildman–Crippen LogP) is 4.43. The molecule has 1 aromatic carbocycles. The topological polar surface area (TPSA) is 29.5 Å². The number of ether oxygens (including phenoxy) is 1. The Balaban J connectivity index is 2.86. The first-order chi connectivity index (χ1) is 9.80. The average Bonchev–Trinajstić information content (AvgIpc) is 2.45. The minimum absolute atomic E-state index is 0.0265. The van der Waals surface area contributed by atoms with Crippen LogP contribution in [0, 0.1) is 5.41 Å². The zero-order chi connectivity index (χ0) is 16.0. The molecule has 3 nitrogen and oxygen atoms in total. The lowest BCUT2D eigenvalue weighted by atomic mass is 9.90. The fourth-order valence-electron chi connectivity index (χ4n) is 2.47. The molecule has 0 saturated carbocycles. The third-order valence-electron chi connectivity index (χ3n) is 3.81. The third-order valence-corrected chi connectivity index (χ3v) is 3.81. The fraction of sp³-hybridized carbons (Fsp3) is 0.611. The second kappa shape index (κ2) is 7.48. The third kappa shape index (κ3) is 5.07. The Hall–Kier alpha value is -1.51. The number of methoxy groups -OCH3 is 1. The van der Waals surface area contributed by atoms with Gasteiger partial charge in [0, 0.05) is 18.5 Å². The fourth-order valence-corrected chi connectivity index (χ4v) is 2.47. The molecule has 1 atom stereocenters. The molecule has 0 aliphatic rings. The largest absolute Gasteiger partial charge is 0.496 e. The smallest absolute Gasteiger partial charge is 0.223 e. The Labute approximate surface area is 129 Å². The molecule has 0 fully saturated rings. The van der Waals surface area contributed by atoms with E-state index in [4.69, 9.17) is 4.74 Å². The molecule has 118 valence electrons. The molecule has 0 aliphatic carbocycles. The Morgan fingerprint density at radius 1 is 1.29 bits per heavy atom. The zero-order valence-electron chi connectivity index (χ0n) is 14.3. The molecular weight excluding hydrogens is 262 g/mol.